The van der Waals surface area contributed by atoms with Crippen molar-refractivity contribution in [3.8, 4) is 5.75 Å². The molecule has 0 saturated heterocycles. The molecule has 5 nitrogen and oxygen atoms in total. The zero-order valence-corrected chi connectivity index (χ0v) is 12.0. The summed E-state index contributed by atoms with van der Waals surface area (Å²) in [6, 6.07) is 7.49. The highest BCUT2D eigenvalue weighted by atomic mass is 35.5. The fraction of sp³-hybridized carbons (Fsp3) is 0.286. The number of benzene rings is 1. The highest BCUT2D eigenvalue weighted by Crippen LogP contribution is 2.42. The van der Waals surface area contributed by atoms with E-state index in [0.717, 1.165) is 17.2 Å². The molecule has 20 heavy (non-hydrogen) atoms. The van der Waals surface area contributed by atoms with Crippen LogP contribution < -0.4 is 9.80 Å². The van der Waals surface area contributed by atoms with Crippen LogP contribution in [0.4, 0.5) is 17.2 Å². The van der Waals surface area contributed by atoms with Crippen molar-refractivity contribution in [2.75, 3.05) is 16.5 Å². The number of hydrogen-bond donors (Lipinski definition) is 1. The fourth-order valence-corrected chi connectivity index (χ4v) is 2.53. The first-order valence-electron chi connectivity index (χ1n) is 6.42. The topological polar surface area (TPSA) is 52.5 Å². The Hall–Kier alpha value is -2.01. The summed E-state index contributed by atoms with van der Waals surface area (Å²) in [7, 11) is 0. The van der Waals surface area contributed by atoms with Crippen LogP contribution >= 0.6 is 11.6 Å². The lowest BCUT2D eigenvalue weighted by atomic mass is 10.2. The second kappa shape index (κ2) is 4.83. The van der Waals surface area contributed by atoms with Gasteiger partial charge in [-0.25, -0.2) is 9.97 Å². The van der Waals surface area contributed by atoms with E-state index >= 15 is 0 Å². The maximum Gasteiger partial charge on any atom is 0.224 e. The van der Waals surface area contributed by atoms with E-state index in [1.807, 2.05) is 12.1 Å². The molecule has 1 aliphatic rings. The predicted octanol–water partition coefficient (Wildman–Crippen LogP) is 3.16. The van der Waals surface area contributed by atoms with Crippen LogP contribution in [0.15, 0.2) is 30.5 Å². The van der Waals surface area contributed by atoms with Crippen LogP contribution in [0, 0.1) is 0 Å². The number of nitrogens with zero attached hydrogens (tertiary/aromatic N) is 4. The third-order valence-electron chi connectivity index (χ3n) is 3.36. The third kappa shape index (κ3) is 2.14. The molecule has 3 rings (SSSR count). The lowest BCUT2D eigenvalue weighted by Gasteiger charge is -2.24. The zero-order valence-electron chi connectivity index (χ0n) is 11.3. The van der Waals surface area contributed by atoms with Gasteiger partial charge in [-0.05, 0) is 43.6 Å². The van der Waals surface area contributed by atoms with E-state index < -0.39 is 0 Å². The van der Waals surface area contributed by atoms with Gasteiger partial charge in [-0.15, -0.1) is 0 Å². The Bertz CT molecular complexity index is 647. The summed E-state index contributed by atoms with van der Waals surface area (Å²) in [6.45, 7) is 4.90. The molecule has 0 bridgehead atoms. The van der Waals surface area contributed by atoms with Gasteiger partial charge in [0.1, 0.15) is 11.6 Å². The van der Waals surface area contributed by atoms with E-state index in [0.29, 0.717) is 12.7 Å². The number of aromatic nitrogens is 2. The molecule has 1 N–H and O–H groups in total. The van der Waals surface area contributed by atoms with Crippen LogP contribution in [-0.4, -0.2) is 27.8 Å². The molecular weight excluding hydrogens is 276 g/mol. The first-order chi connectivity index (χ1) is 9.56. The monoisotopic (exact) mass is 290 g/mol. The molecule has 1 aromatic heterocycles. The van der Waals surface area contributed by atoms with Gasteiger partial charge < -0.3 is 14.9 Å². The van der Waals surface area contributed by atoms with E-state index in [1.54, 1.807) is 18.3 Å². The number of halogens is 1. The predicted molar refractivity (Wildman–Crippen MR) is 79.8 cm³/mol. The summed E-state index contributed by atoms with van der Waals surface area (Å²) >= 11 is 5.87. The average Bonchev–Trinajstić information content (AvgIpc) is 2.77. The third-order valence-corrected chi connectivity index (χ3v) is 3.55. The molecule has 1 aromatic carbocycles. The Morgan fingerprint density at radius 3 is 2.75 bits per heavy atom. The molecule has 0 aliphatic carbocycles. The Labute approximate surface area is 122 Å². The minimum atomic E-state index is 0.228. The number of phenolic OH excluding ortho intramolecular Hbond substituents is 1. The van der Waals surface area contributed by atoms with E-state index in [-0.39, 0.29) is 11.0 Å². The summed E-state index contributed by atoms with van der Waals surface area (Å²) in [5, 5.41) is 9.93. The van der Waals surface area contributed by atoms with Crippen molar-refractivity contribution in [1.29, 1.82) is 0 Å². The van der Waals surface area contributed by atoms with Crippen molar-refractivity contribution in [2.45, 2.75) is 19.9 Å². The average molecular weight is 291 g/mol. The van der Waals surface area contributed by atoms with E-state index in [2.05, 4.69) is 33.6 Å². The second-order valence-electron chi connectivity index (χ2n) is 4.99. The van der Waals surface area contributed by atoms with E-state index in [1.165, 1.54) is 0 Å². The quantitative estimate of drug-likeness (QED) is 0.861. The number of phenols is 1. The van der Waals surface area contributed by atoms with Gasteiger partial charge in [-0.1, -0.05) is 0 Å². The van der Waals surface area contributed by atoms with Gasteiger partial charge in [0, 0.05) is 18.3 Å². The Morgan fingerprint density at radius 1 is 1.25 bits per heavy atom. The molecule has 1 aliphatic heterocycles. The minimum absolute atomic E-state index is 0.228. The highest BCUT2D eigenvalue weighted by Gasteiger charge is 2.29. The van der Waals surface area contributed by atoms with Crippen molar-refractivity contribution in [1.82, 2.24) is 9.97 Å². The molecule has 0 spiro atoms. The van der Waals surface area contributed by atoms with Crippen LogP contribution in [0.1, 0.15) is 13.8 Å². The van der Waals surface area contributed by atoms with Crippen molar-refractivity contribution >= 4 is 28.8 Å². The van der Waals surface area contributed by atoms with Gasteiger partial charge in [0.2, 0.25) is 5.28 Å². The number of aromatic hydroxyl groups is 1. The molecule has 0 atom stereocenters. The van der Waals surface area contributed by atoms with Crippen molar-refractivity contribution in [2.24, 2.45) is 0 Å². The maximum absolute atomic E-state index is 9.70. The molecule has 0 fully saturated rings. The molecule has 0 saturated carbocycles. The zero-order chi connectivity index (χ0) is 14.3. The normalized spacial score (nSPS) is 14.0. The van der Waals surface area contributed by atoms with Crippen molar-refractivity contribution in [3.05, 3.63) is 35.7 Å². The smallest absolute Gasteiger partial charge is 0.224 e. The summed E-state index contributed by atoms with van der Waals surface area (Å²) < 4.78 is 0. The van der Waals surface area contributed by atoms with Gasteiger partial charge in [-0.3, -0.25) is 0 Å². The summed E-state index contributed by atoms with van der Waals surface area (Å²) in [5.41, 5.74) is 2.00. The Balaban J connectivity index is 2.08. The Morgan fingerprint density at radius 2 is 2.05 bits per heavy atom. The van der Waals surface area contributed by atoms with E-state index in [4.69, 9.17) is 11.6 Å². The summed E-state index contributed by atoms with van der Waals surface area (Å²) in [6.07, 6.45) is 1.64. The second-order valence-corrected chi connectivity index (χ2v) is 5.33. The number of rotatable bonds is 2. The SMILES string of the molecule is CC(C)N1CN(c2ccnc(Cl)n2)c2ccc(O)cc21. The largest absolute Gasteiger partial charge is 0.508 e. The van der Waals surface area contributed by atoms with Gasteiger partial charge in [0.15, 0.2) is 0 Å². The molecule has 6 heteroatoms. The summed E-state index contributed by atoms with van der Waals surface area (Å²) in [5.74, 6) is 1.01. The van der Waals surface area contributed by atoms with Crippen molar-refractivity contribution in [3.63, 3.8) is 0 Å². The molecule has 2 heterocycles. The van der Waals surface area contributed by atoms with Crippen molar-refractivity contribution < 1.29 is 5.11 Å². The lowest BCUT2D eigenvalue weighted by molar-refractivity contribution is 0.475. The molecule has 0 unspecified atom stereocenters. The van der Waals surface area contributed by atoms with Crippen LogP contribution in [0.25, 0.3) is 0 Å². The maximum atomic E-state index is 9.70. The number of anilines is 3. The molecule has 0 radical (unpaired) electrons. The first-order valence-corrected chi connectivity index (χ1v) is 6.80. The van der Waals surface area contributed by atoms with Gasteiger partial charge in [0.05, 0.1) is 18.0 Å². The number of hydrogen-bond acceptors (Lipinski definition) is 5. The highest BCUT2D eigenvalue weighted by molar-refractivity contribution is 6.28. The Kier molecular flexibility index (Phi) is 3.14. The number of fused-ring (bicyclic) bond motifs is 1. The molecule has 0 amide bonds. The fourth-order valence-electron chi connectivity index (χ4n) is 2.39. The van der Waals surface area contributed by atoms with Gasteiger partial charge in [0.25, 0.3) is 0 Å². The van der Waals surface area contributed by atoms with Crippen LogP contribution in [0.3, 0.4) is 0 Å². The van der Waals surface area contributed by atoms with Crippen LogP contribution in [0.5, 0.6) is 5.75 Å². The van der Waals surface area contributed by atoms with E-state index in [9.17, 15) is 5.11 Å². The molecule has 2 aromatic rings. The molecular formula is C14H15ClN4O. The van der Waals surface area contributed by atoms with Gasteiger partial charge >= 0.3 is 0 Å². The standard InChI is InChI=1S/C14H15ClN4O/c1-9(2)18-8-19(13-5-6-16-14(15)17-13)11-4-3-10(20)7-12(11)18/h3-7,9,20H,8H2,1-2H3. The van der Waals surface area contributed by atoms with Crippen LogP contribution in [0.2, 0.25) is 5.28 Å². The van der Waals surface area contributed by atoms with Gasteiger partial charge in [-0.2, -0.15) is 0 Å². The molecule has 104 valence electrons. The minimum Gasteiger partial charge on any atom is -0.508 e. The van der Waals surface area contributed by atoms with Crippen LogP contribution in [-0.2, 0) is 0 Å². The lowest BCUT2D eigenvalue weighted by Crippen LogP contribution is -2.33. The summed E-state index contributed by atoms with van der Waals surface area (Å²) in [4.78, 5) is 12.4. The first kappa shape index (κ1) is 13.0.